The van der Waals surface area contributed by atoms with Gasteiger partial charge in [0, 0.05) is 80.5 Å². The molecule has 2 atom stereocenters. The van der Waals surface area contributed by atoms with Crippen molar-refractivity contribution in [3.8, 4) is 23.5 Å². The number of aromatic amines is 1. The number of H-pyrrole nitrogens is 1. The summed E-state index contributed by atoms with van der Waals surface area (Å²) in [4.78, 5) is 68.7. The van der Waals surface area contributed by atoms with E-state index >= 15 is 0 Å². The smallest absolute Gasteiger partial charge is 0.274 e. The highest BCUT2D eigenvalue weighted by Gasteiger charge is 2.45. The standard InChI is InChI=1S/C48H58N10O6/c1-5-20-52-47(3)18-24-57(25-19-47)34-16-22-58(23-17-34)46-54-39-14-11-32(38-28-56(4)45(62)42-36(38)15-21-50-42)26-37(39)43(55-46)48(64-35-12-13-35,33-9-7-6-8-10-33)29-63-30-51-44(61)40(27-41(49)60)53-31(2)59/h1,6-11,14-15,21,26,28,34-35,40,50,52H,12-13,16-20,22-25,27,29-30H2,2-4H3,(H2,49,60)(H,51,61)(H,53,59)/t40-,48-/m0/s1. The number of carbonyl (C=O) groups excluding carboxylic acids is 3. The predicted molar refractivity (Wildman–Crippen MR) is 245 cm³/mol. The lowest BCUT2D eigenvalue weighted by atomic mass is 9.87. The van der Waals surface area contributed by atoms with Crippen molar-refractivity contribution in [3.63, 3.8) is 0 Å². The van der Waals surface area contributed by atoms with E-state index in [4.69, 9.17) is 31.6 Å². The monoisotopic (exact) mass is 870 g/mol. The number of aryl methyl sites for hydroxylation is 1. The fraction of sp³-hybridized carbons (Fsp3) is 0.458. The van der Waals surface area contributed by atoms with Gasteiger partial charge in [-0.1, -0.05) is 42.3 Å². The van der Waals surface area contributed by atoms with Gasteiger partial charge in [-0.2, -0.15) is 0 Å². The molecule has 0 bridgehead atoms. The summed E-state index contributed by atoms with van der Waals surface area (Å²) in [7, 11) is 1.74. The van der Waals surface area contributed by atoms with E-state index in [0.29, 0.717) is 35.3 Å². The molecule has 2 saturated heterocycles. The van der Waals surface area contributed by atoms with Crippen LogP contribution in [-0.2, 0) is 36.5 Å². The van der Waals surface area contributed by atoms with Crippen LogP contribution in [0.15, 0.2) is 71.8 Å². The van der Waals surface area contributed by atoms with Gasteiger partial charge >= 0.3 is 0 Å². The number of benzene rings is 2. The Morgan fingerprint density at radius 3 is 2.47 bits per heavy atom. The zero-order valence-electron chi connectivity index (χ0n) is 36.8. The number of carbonyl (C=O) groups is 3. The first-order valence-corrected chi connectivity index (χ1v) is 22.2. The van der Waals surface area contributed by atoms with Crippen LogP contribution in [0.2, 0.25) is 0 Å². The number of nitrogens with two attached hydrogens (primary N) is 1. The van der Waals surface area contributed by atoms with Crippen LogP contribution in [0.4, 0.5) is 5.95 Å². The SMILES string of the molecule is C#CCNC1(C)CCN(C2CCN(c3nc([C@@](COCNC(=O)[C@H](CC(N)=O)NC(C)=O)(OC4CC4)c4ccccc4)c4cc(-c5cn(C)c(=O)c6[nH]ccc56)ccc4n3)CC2)CC1. The molecule has 5 aromatic rings. The third-order valence-corrected chi connectivity index (χ3v) is 12.9. The number of nitrogens with zero attached hydrogens (tertiary/aromatic N) is 5. The molecule has 0 radical (unpaired) electrons. The van der Waals surface area contributed by atoms with Gasteiger partial charge in [0.1, 0.15) is 18.3 Å². The molecule has 64 heavy (non-hydrogen) atoms. The quantitative estimate of drug-likeness (QED) is 0.0521. The number of aromatic nitrogens is 4. The first-order chi connectivity index (χ1) is 30.9. The largest absolute Gasteiger partial charge is 0.370 e. The fourth-order valence-corrected chi connectivity index (χ4v) is 9.21. The van der Waals surface area contributed by atoms with Crippen molar-refractivity contribution in [3.05, 3.63) is 88.6 Å². The number of likely N-dealkylation sites (tertiary alicyclic amines) is 1. The van der Waals surface area contributed by atoms with Crippen LogP contribution >= 0.6 is 0 Å². The minimum atomic E-state index is -1.29. The molecule has 3 fully saturated rings. The van der Waals surface area contributed by atoms with Gasteiger partial charge in [0.2, 0.25) is 23.7 Å². The molecular weight excluding hydrogens is 813 g/mol. The number of anilines is 1. The summed E-state index contributed by atoms with van der Waals surface area (Å²) in [6.45, 7) is 7.36. The number of terminal acetylenes is 1. The molecule has 3 aliphatic rings. The van der Waals surface area contributed by atoms with E-state index in [0.717, 1.165) is 92.2 Å². The summed E-state index contributed by atoms with van der Waals surface area (Å²) >= 11 is 0. The van der Waals surface area contributed by atoms with Crippen molar-refractivity contribution in [2.24, 2.45) is 12.8 Å². The van der Waals surface area contributed by atoms with E-state index in [1.165, 1.54) is 6.92 Å². The highest BCUT2D eigenvalue weighted by atomic mass is 16.6. The van der Waals surface area contributed by atoms with Gasteiger partial charge in [-0.05, 0) is 74.8 Å². The van der Waals surface area contributed by atoms with Crippen LogP contribution in [0.3, 0.4) is 0 Å². The summed E-state index contributed by atoms with van der Waals surface area (Å²) in [5.41, 5.74) is 8.39. The maximum Gasteiger partial charge on any atom is 0.274 e. The van der Waals surface area contributed by atoms with Crippen molar-refractivity contribution in [2.75, 3.05) is 51.0 Å². The molecule has 8 rings (SSSR count). The van der Waals surface area contributed by atoms with Crippen LogP contribution in [0, 0.1) is 12.3 Å². The Morgan fingerprint density at radius 1 is 1.03 bits per heavy atom. The lowest BCUT2D eigenvalue weighted by Crippen LogP contribution is -2.55. The predicted octanol–water partition coefficient (Wildman–Crippen LogP) is 3.42. The van der Waals surface area contributed by atoms with Crippen LogP contribution in [0.1, 0.15) is 70.1 Å². The van der Waals surface area contributed by atoms with Gasteiger partial charge in [0.15, 0.2) is 5.60 Å². The number of pyridine rings is 1. The molecular formula is C48H58N10O6. The van der Waals surface area contributed by atoms with Crippen LogP contribution in [-0.4, -0.2) is 112 Å². The minimum absolute atomic E-state index is 0.0483. The van der Waals surface area contributed by atoms with E-state index in [1.54, 1.807) is 17.8 Å². The number of hydrogen-bond donors (Lipinski definition) is 5. The molecule has 336 valence electrons. The van der Waals surface area contributed by atoms with Gasteiger partial charge in [0.25, 0.3) is 5.56 Å². The normalized spacial score (nSPS) is 18.3. The first-order valence-electron chi connectivity index (χ1n) is 22.2. The molecule has 16 heteroatoms. The molecule has 5 heterocycles. The lowest BCUT2D eigenvalue weighted by Gasteiger charge is -2.45. The number of amides is 3. The van der Waals surface area contributed by atoms with Crippen molar-refractivity contribution in [1.29, 1.82) is 0 Å². The zero-order chi connectivity index (χ0) is 45.0. The number of rotatable bonds is 17. The number of ether oxygens (including phenoxy) is 2. The molecule has 3 aromatic heterocycles. The third-order valence-electron chi connectivity index (χ3n) is 12.9. The molecule has 0 spiro atoms. The average molecular weight is 871 g/mol. The first kappa shape index (κ1) is 44.5. The molecule has 2 aromatic carbocycles. The van der Waals surface area contributed by atoms with E-state index in [-0.39, 0.29) is 37.0 Å². The molecule has 1 aliphatic carbocycles. The topological polar surface area (TPSA) is 202 Å². The number of hydrogen-bond acceptors (Lipinski definition) is 11. The second-order valence-corrected chi connectivity index (χ2v) is 17.7. The van der Waals surface area contributed by atoms with Crippen molar-refractivity contribution in [1.82, 2.24) is 40.4 Å². The second kappa shape index (κ2) is 18.9. The highest BCUT2D eigenvalue weighted by Crippen LogP contribution is 2.44. The molecule has 1 saturated carbocycles. The number of nitrogens with one attached hydrogen (secondary N) is 4. The van der Waals surface area contributed by atoms with Crippen molar-refractivity contribution in [2.45, 2.75) is 88.1 Å². The van der Waals surface area contributed by atoms with Gasteiger partial charge in [-0.3, -0.25) is 19.2 Å². The maximum atomic E-state index is 13.2. The van der Waals surface area contributed by atoms with Crippen molar-refractivity contribution < 1.29 is 23.9 Å². The summed E-state index contributed by atoms with van der Waals surface area (Å²) in [6, 6.07) is 17.1. The van der Waals surface area contributed by atoms with Crippen LogP contribution < -0.4 is 32.1 Å². The number of piperidine rings is 2. The van der Waals surface area contributed by atoms with Gasteiger partial charge in [-0.15, -0.1) is 6.42 Å². The van der Waals surface area contributed by atoms with Gasteiger partial charge < -0.3 is 50.5 Å². The molecule has 0 unspecified atom stereocenters. The Kier molecular flexibility index (Phi) is 13.2. The van der Waals surface area contributed by atoms with Crippen molar-refractivity contribution >= 4 is 45.5 Å². The summed E-state index contributed by atoms with van der Waals surface area (Å²) < 4.78 is 15.1. The Bertz CT molecular complexity index is 2590. The highest BCUT2D eigenvalue weighted by molar-refractivity contribution is 5.97. The second-order valence-electron chi connectivity index (χ2n) is 17.7. The number of fused-ring (bicyclic) bond motifs is 2. The fourth-order valence-electron chi connectivity index (χ4n) is 9.21. The molecule has 16 nitrogen and oxygen atoms in total. The molecule has 6 N–H and O–H groups in total. The van der Waals surface area contributed by atoms with Gasteiger partial charge in [0.05, 0.1) is 36.9 Å². The molecule has 2 aliphatic heterocycles. The van der Waals surface area contributed by atoms with Gasteiger partial charge in [-0.25, -0.2) is 9.97 Å². The molecule has 3 amide bonds. The van der Waals surface area contributed by atoms with E-state index < -0.39 is 29.4 Å². The number of primary amides is 1. The Hall–Kier alpha value is -6.12. The average Bonchev–Trinajstić information content (AvgIpc) is 3.98. The lowest BCUT2D eigenvalue weighted by molar-refractivity contribution is -0.133. The summed E-state index contributed by atoms with van der Waals surface area (Å²) in [5, 5.41) is 10.3. The summed E-state index contributed by atoms with van der Waals surface area (Å²) in [6.07, 6.45) is 14.4. The van der Waals surface area contributed by atoms with E-state index in [9.17, 15) is 19.2 Å². The summed E-state index contributed by atoms with van der Waals surface area (Å²) in [5.74, 6) is 1.49. The minimum Gasteiger partial charge on any atom is -0.370 e. The zero-order valence-corrected chi connectivity index (χ0v) is 36.8. The Labute approximate surface area is 372 Å². The van der Waals surface area contributed by atoms with E-state index in [2.05, 4.69) is 49.6 Å². The van der Waals surface area contributed by atoms with Crippen LogP contribution in [0.25, 0.3) is 32.9 Å². The Balaban J connectivity index is 1.17. The van der Waals surface area contributed by atoms with E-state index in [1.807, 2.05) is 54.7 Å². The maximum absolute atomic E-state index is 13.2. The van der Waals surface area contributed by atoms with Crippen LogP contribution in [0.5, 0.6) is 0 Å². The third kappa shape index (κ3) is 9.68. The Morgan fingerprint density at radius 2 is 1.78 bits per heavy atom.